The predicted octanol–water partition coefficient (Wildman–Crippen LogP) is 3.90. The number of oxazole rings is 1. The van der Waals surface area contributed by atoms with Crippen molar-refractivity contribution in [1.82, 2.24) is 4.98 Å². The molecule has 2 aromatic heterocycles. The normalized spacial score (nSPS) is 11.3. The molecule has 5 nitrogen and oxygen atoms in total. The van der Waals surface area contributed by atoms with Crippen LogP contribution in [0.15, 0.2) is 51.3 Å². The van der Waals surface area contributed by atoms with E-state index < -0.39 is 14.9 Å². The first-order valence-corrected chi connectivity index (χ1v) is 9.32. The zero-order chi connectivity index (χ0) is 16.4. The molecule has 0 aliphatic carbocycles. The third-order valence-electron chi connectivity index (χ3n) is 2.99. The third-order valence-corrected chi connectivity index (χ3v) is 5.65. The van der Waals surface area contributed by atoms with Crippen molar-refractivity contribution in [2.45, 2.75) is 10.8 Å². The largest absolute Gasteiger partial charge is 0.422 e. The summed E-state index contributed by atoms with van der Waals surface area (Å²) in [5, 5.41) is 11.1. The van der Waals surface area contributed by atoms with Crippen molar-refractivity contribution in [1.29, 1.82) is 5.26 Å². The van der Waals surface area contributed by atoms with Crippen LogP contribution in [0.5, 0.6) is 0 Å². The Balaban J connectivity index is 1.99. The summed E-state index contributed by atoms with van der Waals surface area (Å²) >= 11 is 7.14. The van der Waals surface area contributed by atoms with Gasteiger partial charge in [0.05, 0.1) is 10.6 Å². The smallest absolute Gasteiger partial charge is 0.257 e. The summed E-state index contributed by atoms with van der Waals surface area (Å²) in [6, 6.07) is 11.8. The fraction of sp³-hybridized carbons (Fsp3) is 0.0667. The molecule has 23 heavy (non-hydrogen) atoms. The van der Waals surface area contributed by atoms with Crippen molar-refractivity contribution < 1.29 is 12.8 Å². The van der Waals surface area contributed by atoms with E-state index in [4.69, 9.17) is 21.3 Å². The lowest BCUT2D eigenvalue weighted by atomic mass is 10.2. The molecule has 0 amide bonds. The molecule has 0 N–H and O–H groups in total. The summed E-state index contributed by atoms with van der Waals surface area (Å²) in [7, 11) is -3.83. The summed E-state index contributed by atoms with van der Waals surface area (Å²) in [6.07, 6.45) is 0. The molecule has 2 heterocycles. The second-order valence-electron chi connectivity index (χ2n) is 4.63. The van der Waals surface area contributed by atoms with Crippen LogP contribution in [0.2, 0.25) is 5.02 Å². The number of thiophene rings is 1. The van der Waals surface area contributed by atoms with E-state index in [0.29, 0.717) is 15.5 Å². The highest BCUT2D eigenvalue weighted by atomic mass is 35.5. The Kier molecular flexibility index (Phi) is 4.22. The maximum absolute atomic E-state index is 12.5. The van der Waals surface area contributed by atoms with Gasteiger partial charge in [0.2, 0.25) is 15.7 Å². The monoisotopic (exact) mass is 364 g/mol. The Hall–Kier alpha value is -2.14. The summed E-state index contributed by atoms with van der Waals surface area (Å²) < 4.78 is 30.4. The van der Waals surface area contributed by atoms with Crippen LogP contribution in [0, 0.1) is 11.3 Å². The maximum Gasteiger partial charge on any atom is 0.257 e. The molecule has 116 valence electrons. The first-order chi connectivity index (χ1) is 11.0. The van der Waals surface area contributed by atoms with Crippen LogP contribution in [0.1, 0.15) is 11.3 Å². The summed E-state index contributed by atoms with van der Waals surface area (Å²) in [5.41, 5.74) is 0.315. The van der Waals surface area contributed by atoms with Gasteiger partial charge in [-0.3, -0.25) is 0 Å². The van der Waals surface area contributed by atoms with Gasteiger partial charge < -0.3 is 4.42 Å². The van der Waals surface area contributed by atoms with Gasteiger partial charge in [0.1, 0.15) is 6.07 Å². The summed E-state index contributed by atoms with van der Waals surface area (Å²) in [4.78, 5) is 4.64. The topological polar surface area (TPSA) is 84.0 Å². The van der Waals surface area contributed by atoms with Crippen molar-refractivity contribution in [3.8, 4) is 16.8 Å². The molecule has 8 heteroatoms. The maximum atomic E-state index is 12.5. The van der Waals surface area contributed by atoms with Gasteiger partial charge in [0, 0.05) is 5.02 Å². The van der Waals surface area contributed by atoms with E-state index in [9.17, 15) is 8.42 Å². The minimum absolute atomic E-state index is 0.131. The van der Waals surface area contributed by atoms with Gasteiger partial charge in [-0.2, -0.15) is 10.2 Å². The molecule has 0 saturated carbocycles. The Labute approximate surface area is 141 Å². The Morgan fingerprint density at radius 2 is 2.00 bits per heavy atom. The first kappa shape index (κ1) is 15.7. The molecule has 0 radical (unpaired) electrons. The number of hydrogen-bond donors (Lipinski definition) is 0. The highest BCUT2D eigenvalue weighted by molar-refractivity contribution is 7.90. The molecule has 0 aliphatic rings. The number of halogens is 1. The molecule has 0 fully saturated rings. The molecule has 0 unspecified atom stereocenters. The average molecular weight is 365 g/mol. The number of hydrogen-bond acceptors (Lipinski definition) is 6. The second kappa shape index (κ2) is 6.16. The van der Waals surface area contributed by atoms with E-state index in [2.05, 4.69) is 4.98 Å². The van der Waals surface area contributed by atoms with Gasteiger partial charge in [-0.1, -0.05) is 29.8 Å². The lowest BCUT2D eigenvalue weighted by molar-refractivity contribution is 0.458. The number of nitrogens with zero attached hydrogens (tertiary/aromatic N) is 2. The number of sulfone groups is 1. The van der Waals surface area contributed by atoms with Gasteiger partial charge in [-0.25, -0.2) is 8.42 Å². The lowest BCUT2D eigenvalue weighted by Gasteiger charge is -2.02. The SMILES string of the molecule is N#Cc1nc(-c2cccs2)oc1S(=O)(=O)Cc1ccc(Cl)cc1. The van der Waals surface area contributed by atoms with Crippen LogP contribution >= 0.6 is 22.9 Å². The van der Waals surface area contributed by atoms with Gasteiger partial charge in [0.15, 0.2) is 5.69 Å². The van der Waals surface area contributed by atoms with Crippen molar-refractivity contribution in [2.75, 3.05) is 0 Å². The van der Waals surface area contributed by atoms with E-state index in [1.54, 1.807) is 42.5 Å². The molecular weight excluding hydrogens is 356 g/mol. The highest BCUT2D eigenvalue weighted by Crippen LogP contribution is 2.29. The van der Waals surface area contributed by atoms with E-state index in [0.717, 1.165) is 0 Å². The molecule has 3 aromatic rings. The molecule has 0 spiro atoms. The molecule has 0 bridgehead atoms. The molecule has 0 aliphatic heterocycles. The van der Waals surface area contributed by atoms with Crippen molar-refractivity contribution in [3.63, 3.8) is 0 Å². The van der Waals surface area contributed by atoms with Gasteiger partial charge in [0.25, 0.3) is 5.09 Å². The molecule has 0 saturated heterocycles. The Bertz CT molecular complexity index is 969. The zero-order valence-corrected chi connectivity index (χ0v) is 14.0. The zero-order valence-electron chi connectivity index (χ0n) is 11.6. The van der Waals surface area contributed by atoms with Crippen molar-refractivity contribution in [3.05, 3.63) is 58.1 Å². The minimum atomic E-state index is -3.83. The average Bonchev–Trinajstić information content (AvgIpc) is 3.18. The van der Waals surface area contributed by atoms with E-state index in [-0.39, 0.29) is 17.3 Å². The Morgan fingerprint density at radius 1 is 1.26 bits per heavy atom. The van der Waals surface area contributed by atoms with Crippen molar-refractivity contribution >= 4 is 32.8 Å². The summed E-state index contributed by atoms with van der Waals surface area (Å²) in [5.74, 6) is -0.163. The van der Waals surface area contributed by atoms with Gasteiger partial charge in [-0.05, 0) is 29.1 Å². The number of aromatic nitrogens is 1. The van der Waals surface area contributed by atoms with Gasteiger partial charge >= 0.3 is 0 Å². The van der Waals surface area contributed by atoms with Gasteiger partial charge in [-0.15, -0.1) is 11.3 Å². The summed E-state index contributed by atoms with van der Waals surface area (Å²) in [6.45, 7) is 0. The third kappa shape index (κ3) is 3.29. The predicted molar refractivity (Wildman–Crippen MR) is 86.9 cm³/mol. The highest BCUT2D eigenvalue weighted by Gasteiger charge is 2.27. The minimum Gasteiger partial charge on any atom is -0.422 e. The van der Waals surface area contributed by atoms with Crippen LogP contribution in [0.4, 0.5) is 0 Å². The van der Waals surface area contributed by atoms with Crippen molar-refractivity contribution in [2.24, 2.45) is 0 Å². The lowest BCUT2D eigenvalue weighted by Crippen LogP contribution is -2.05. The fourth-order valence-electron chi connectivity index (χ4n) is 1.96. The fourth-order valence-corrected chi connectivity index (χ4v) is 4.09. The van der Waals surface area contributed by atoms with E-state index in [1.807, 2.05) is 5.38 Å². The second-order valence-corrected chi connectivity index (χ2v) is 7.90. The van der Waals surface area contributed by atoms with Crippen LogP contribution in [0.3, 0.4) is 0 Å². The number of nitriles is 1. The molecule has 1 aromatic carbocycles. The van der Waals surface area contributed by atoms with E-state index >= 15 is 0 Å². The quantitative estimate of drug-likeness (QED) is 0.700. The van der Waals surface area contributed by atoms with Crippen LogP contribution < -0.4 is 0 Å². The standard InChI is InChI=1S/C15H9ClN2O3S2/c16-11-5-3-10(4-6-11)9-23(19,20)15-12(8-17)18-14(21-15)13-2-1-7-22-13/h1-7H,9H2. The Morgan fingerprint density at radius 3 is 2.61 bits per heavy atom. The van der Waals surface area contributed by atoms with Crippen LogP contribution in [-0.2, 0) is 15.6 Å². The number of rotatable bonds is 4. The van der Waals surface area contributed by atoms with E-state index in [1.165, 1.54) is 11.3 Å². The van der Waals surface area contributed by atoms with Crippen LogP contribution in [0.25, 0.3) is 10.8 Å². The number of benzene rings is 1. The molecule has 3 rings (SSSR count). The van der Waals surface area contributed by atoms with Crippen LogP contribution in [-0.4, -0.2) is 13.4 Å². The molecule has 0 atom stereocenters. The molecular formula is C15H9ClN2O3S2. The first-order valence-electron chi connectivity index (χ1n) is 6.41.